The fourth-order valence-electron chi connectivity index (χ4n) is 1.72. The third-order valence-electron chi connectivity index (χ3n) is 2.41. The van der Waals surface area contributed by atoms with E-state index < -0.39 is 0 Å². The molecule has 0 saturated heterocycles. The van der Waals surface area contributed by atoms with Crippen molar-refractivity contribution in [3.63, 3.8) is 0 Å². The van der Waals surface area contributed by atoms with Crippen LogP contribution < -0.4 is 4.90 Å². The molecule has 0 bridgehead atoms. The Morgan fingerprint density at radius 3 is 2.33 bits per heavy atom. The maximum atomic E-state index is 2.47. The topological polar surface area (TPSA) is 3.24 Å². The molecule has 0 amide bonds. The molecular weight excluding hydrogens is 202 g/mol. The molecule has 84 valence electrons. The molecule has 0 radical (unpaired) electrons. The SMILES string of the molecule is CCCN(CCC)c1cccc(SC)c1. The van der Waals surface area contributed by atoms with Crippen molar-refractivity contribution in [2.24, 2.45) is 0 Å². The van der Waals surface area contributed by atoms with E-state index in [-0.39, 0.29) is 0 Å². The molecule has 1 rings (SSSR count). The largest absolute Gasteiger partial charge is 0.372 e. The number of rotatable bonds is 6. The van der Waals surface area contributed by atoms with Crippen molar-refractivity contribution in [3.8, 4) is 0 Å². The number of benzene rings is 1. The summed E-state index contributed by atoms with van der Waals surface area (Å²) in [6.45, 7) is 6.79. The number of hydrogen-bond donors (Lipinski definition) is 0. The molecule has 1 nitrogen and oxygen atoms in total. The fraction of sp³-hybridized carbons (Fsp3) is 0.538. The van der Waals surface area contributed by atoms with E-state index in [0.717, 1.165) is 13.1 Å². The predicted molar refractivity (Wildman–Crippen MR) is 71.0 cm³/mol. The summed E-state index contributed by atoms with van der Waals surface area (Å²) in [5, 5.41) is 0. The van der Waals surface area contributed by atoms with Crippen LogP contribution in [-0.2, 0) is 0 Å². The highest BCUT2D eigenvalue weighted by Gasteiger charge is 2.04. The predicted octanol–water partition coefficient (Wildman–Crippen LogP) is 4.03. The second kappa shape index (κ2) is 6.78. The quantitative estimate of drug-likeness (QED) is 0.670. The van der Waals surface area contributed by atoms with Gasteiger partial charge >= 0.3 is 0 Å². The molecule has 0 spiro atoms. The fourth-order valence-corrected chi connectivity index (χ4v) is 2.17. The Bertz CT molecular complexity index is 280. The number of thioether (sulfide) groups is 1. The molecule has 0 saturated carbocycles. The lowest BCUT2D eigenvalue weighted by molar-refractivity contribution is 0.744. The Hall–Kier alpha value is -0.630. The van der Waals surface area contributed by atoms with E-state index >= 15 is 0 Å². The van der Waals surface area contributed by atoms with Gasteiger partial charge in [-0.05, 0) is 37.3 Å². The van der Waals surface area contributed by atoms with Gasteiger partial charge in [-0.25, -0.2) is 0 Å². The summed E-state index contributed by atoms with van der Waals surface area (Å²) < 4.78 is 0. The Balaban J connectivity index is 2.79. The highest BCUT2D eigenvalue weighted by molar-refractivity contribution is 7.98. The lowest BCUT2D eigenvalue weighted by atomic mass is 10.2. The first kappa shape index (κ1) is 12.4. The molecule has 0 aromatic heterocycles. The van der Waals surface area contributed by atoms with Crippen molar-refractivity contribution in [2.45, 2.75) is 31.6 Å². The van der Waals surface area contributed by atoms with E-state index in [4.69, 9.17) is 0 Å². The third-order valence-corrected chi connectivity index (χ3v) is 3.13. The molecule has 15 heavy (non-hydrogen) atoms. The first-order valence-corrected chi connectivity index (χ1v) is 6.93. The standard InChI is InChI=1S/C13H21NS/c1-4-9-14(10-5-2)12-7-6-8-13(11-12)15-3/h6-8,11H,4-5,9-10H2,1-3H3. The van der Waals surface area contributed by atoms with Crippen LogP contribution in [0.1, 0.15) is 26.7 Å². The van der Waals surface area contributed by atoms with Crippen LogP contribution in [0.3, 0.4) is 0 Å². The maximum absolute atomic E-state index is 2.47. The van der Waals surface area contributed by atoms with Gasteiger partial charge in [0.15, 0.2) is 0 Å². The molecule has 0 aliphatic carbocycles. The Kier molecular flexibility index (Phi) is 5.62. The van der Waals surface area contributed by atoms with Crippen molar-refractivity contribution in [1.29, 1.82) is 0 Å². The van der Waals surface area contributed by atoms with Crippen molar-refractivity contribution < 1.29 is 0 Å². The van der Waals surface area contributed by atoms with Gasteiger partial charge < -0.3 is 4.90 Å². The summed E-state index contributed by atoms with van der Waals surface area (Å²) in [5.74, 6) is 0. The number of anilines is 1. The summed E-state index contributed by atoms with van der Waals surface area (Å²) in [4.78, 5) is 3.82. The minimum Gasteiger partial charge on any atom is -0.372 e. The van der Waals surface area contributed by atoms with Crippen molar-refractivity contribution >= 4 is 17.4 Å². The van der Waals surface area contributed by atoms with E-state index in [1.54, 1.807) is 0 Å². The molecule has 0 aliphatic rings. The van der Waals surface area contributed by atoms with Crippen LogP contribution in [0, 0.1) is 0 Å². The zero-order chi connectivity index (χ0) is 11.1. The van der Waals surface area contributed by atoms with Gasteiger partial charge in [-0.15, -0.1) is 11.8 Å². The first-order valence-electron chi connectivity index (χ1n) is 5.70. The van der Waals surface area contributed by atoms with E-state index in [0.29, 0.717) is 0 Å². The van der Waals surface area contributed by atoms with Crippen molar-refractivity contribution in [2.75, 3.05) is 24.2 Å². The summed E-state index contributed by atoms with van der Waals surface area (Å²) in [6.07, 6.45) is 4.55. The molecule has 0 unspecified atom stereocenters. The zero-order valence-corrected chi connectivity index (χ0v) is 10.8. The lowest BCUT2D eigenvalue weighted by Crippen LogP contribution is -2.24. The highest BCUT2D eigenvalue weighted by Crippen LogP contribution is 2.22. The van der Waals surface area contributed by atoms with Gasteiger partial charge in [0.2, 0.25) is 0 Å². The minimum absolute atomic E-state index is 1.16. The molecule has 0 N–H and O–H groups in total. The Morgan fingerprint density at radius 1 is 1.13 bits per heavy atom. The smallest absolute Gasteiger partial charge is 0.0377 e. The Morgan fingerprint density at radius 2 is 1.80 bits per heavy atom. The average molecular weight is 223 g/mol. The van der Waals surface area contributed by atoms with E-state index in [2.05, 4.69) is 49.3 Å². The van der Waals surface area contributed by atoms with E-state index in [9.17, 15) is 0 Å². The van der Waals surface area contributed by atoms with E-state index in [1.807, 2.05) is 11.8 Å². The van der Waals surface area contributed by atoms with Crippen LogP contribution in [0.25, 0.3) is 0 Å². The normalized spacial score (nSPS) is 10.3. The molecule has 0 aliphatic heterocycles. The lowest BCUT2D eigenvalue weighted by Gasteiger charge is -2.24. The molecule has 0 atom stereocenters. The third kappa shape index (κ3) is 3.78. The van der Waals surface area contributed by atoms with Gasteiger partial charge in [-0.3, -0.25) is 0 Å². The molecule has 1 aromatic carbocycles. The monoisotopic (exact) mass is 223 g/mol. The van der Waals surface area contributed by atoms with Gasteiger partial charge in [0.05, 0.1) is 0 Å². The summed E-state index contributed by atoms with van der Waals surface area (Å²) in [5.41, 5.74) is 1.37. The number of nitrogens with zero attached hydrogens (tertiary/aromatic N) is 1. The van der Waals surface area contributed by atoms with Crippen LogP contribution in [0.15, 0.2) is 29.2 Å². The average Bonchev–Trinajstić information content (AvgIpc) is 2.29. The van der Waals surface area contributed by atoms with E-state index in [1.165, 1.54) is 23.4 Å². The van der Waals surface area contributed by atoms with Gasteiger partial charge in [-0.1, -0.05) is 19.9 Å². The maximum Gasteiger partial charge on any atom is 0.0377 e. The number of hydrogen-bond acceptors (Lipinski definition) is 2. The van der Waals surface area contributed by atoms with Crippen LogP contribution in [0.5, 0.6) is 0 Å². The van der Waals surface area contributed by atoms with Gasteiger partial charge in [-0.2, -0.15) is 0 Å². The van der Waals surface area contributed by atoms with Gasteiger partial charge in [0, 0.05) is 23.7 Å². The Labute approximate surface area is 97.9 Å². The molecule has 1 aromatic rings. The second-order valence-corrected chi connectivity index (χ2v) is 4.57. The van der Waals surface area contributed by atoms with Crippen molar-refractivity contribution in [1.82, 2.24) is 0 Å². The van der Waals surface area contributed by atoms with Crippen LogP contribution in [-0.4, -0.2) is 19.3 Å². The van der Waals surface area contributed by atoms with Crippen LogP contribution in [0.4, 0.5) is 5.69 Å². The minimum atomic E-state index is 1.16. The molecule has 2 heteroatoms. The second-order valence-electron chi connectivity index (χ2n) is 3.69. The van der Waals surface area contributed by atoms with Gasteiger partial charge in [0.1, 0.15) is 0 Å². The summed E-state index contributed by atoms with van der Waals surface area (Å²) in [7, 11) is 0. The molecular formula is C13H21NS. The summed E-state index contributed by atoms with van der Waals surface area (Å²) in [6, 6.07) is 8.82. The zero-order valence-electron chi connectivity index (χ0n) is 9.99. The van der Waals surface area contributed by atoms with Gasteiger partial charge in [0.25, 0.3) is 0 Å². The van der Waals surface area contributed by atoms with Crippen LogP contribution in [0.2, 0.25) is 0 Å². The first-order chi connectivity index (χ1) is 7.31. The molecule has 0 heterocycles. The highest BCUT2D eigenvalue weighted by atomic mass is 32.2. The van der Waals surface area contributed by atoms with Crippen molar-refractivity contribution in [3.05, 3.63) is 24.3 Å². The molecule has 0 fully saturated rings. The van der Waals surface area contributed by atoms with Crippen LogP contribution >= 0.6 is 11.8 Å². The summed E-state index contributed by atoms with van der Waals surface area (Å²) >= 11 is 1.81.